The predicted octanol–water partition coefficient (Wildman–Crippen LogP) is 1.40. The summed E-state index contributed by atoms with van der Waals surface area (Å²) in [6.07, 6.45) is 1.71. The van der Waals surface area contributed by atoms with Gasteiger partial charge in [-0.05, 0) is 5.92 Å². The quantitative estimate of drug-likeness (QED) is 0.487. The summed E-state index contributed by atoms with van der Waals surface area (Å²) in [5.41, 5.74) is 2.44. The molecule has 0 bridgehead atoms. The molecule has 0 aromatic rings. The molecule has 0 unspecified atom stereocenters. The Bertz CT molecular complexity index is 150. The molecule has 0 aromatic heterocycles. The number of hydrogen-bond donors (Lipinski definition) is 1. The second-order valence-electron chi connectivity index (χ2n) is 3.15. The van der Waals surface area contributed by atoms with Gasteiger partial charge in [0.25, 0.3) is 0 Å². The second kappa shape index (κ2) is 4.88. The van der Waals surface area contributed by atoms with Crippen LogP contribution in [0.5, 0.6) is 0 Å². The first kappa shape index (κ1) is 10.1. The lowest BCUT2D eigenvalue weighted by Crippen LogP contribution is -2.23. The zero-order chi connectivity index (χ0) is 8.85. The van der Waals surface area contributed by atoms with E-state index in [1.165, 1.54) is 0 Å². The van der Waals surface area contributed by atoms with E-state index in [0.29, 0.717) is 5.92 Å². The van der Waals surface area contributed by atoms with Crippen molar-refractivity contribution in [2.45, 2.75) is 27.7 Å². The molecule has 1 amide bonds. The number of hydrazone groups is 1. The van der Waals surface area contributed by atoms with Crippen molar-refractivity contribution in [2.75, 3.05) is 0 Å². The van der Waals surface area contributed by atoms with Gasteiger partial charge in [-0.1, -0.05) is 27.7 Å². The van der Waals surface area contributed by atoms with Crippen molar-refractivity contribution in [2.24, 2.45) is 16.9 Å². The smallest absolute Gasteiger partial charge is 0.242 e. The lowest BCUT2D eigenvalue weighted by molar-refractivity contribution is -0.123. The molecular weight excluding hydrogens is 140 g/mol. The van der Waals surface area contributed by atoms with Gasteiger partial charge < -0.3 is 0 Å². The fraction of sp³-hybridized carbons (Fsp3) is 0.750. The highest BCUT2D eigenvalue weighted by atomic mass is 16.2. The average molecular weight is 156 g/mol. The molecule has 0 aliphatic carbocycles. The van der Waals surface area contributed by atoms with Crippen LogP contribution in [0.25, 0.3) is 0 Å². The van der Waals surface area contributed by atoms with E-state index >= 15 is 0 Å². The molecule has 3 heteroatoms. The van der Waals surface area contributed by atoms with Gasteiger partial charge in [-0.25, -0.2) is 5.43 Å². The van der Waals surface area contributed by atoms with E-state index in [1.807, 2.05) is 27.7 Å². The summed E-state index contributed by atoms with van der Waals surface area (Å²) in [6, 6.07) is 0. The van der Waals surface area contributed by atoms with Crippen LogP contribution >= 0.6 is 0 Å². The summed E-state index contributed by atoms with van der Waals surface area (Å²) in [6.45, 7) is 7.68. The summed E-state index contributed by atoms with van der Waals surface area (Å²) in [5, 5.41) is 3.77. The zero-order valence-electron chi connectivity index (χ0n) is 7.59. The highest BCUT2D eigenvalue weighted by Crippen LogP contribution is 1.90. The molecule has 0 aromatic carbocycles. The first-order valence-corrected chi connectivity index (χ1v) is 3.87. The van der Waals surface area contributed by atoms with Gasteiger partial charge in [0.05, 0.1) is 0 Å². The lowest BCUT2D eigenvalue weighted by atomic mass is 10.2. The van der Waals surface area contributed by atoms with Crippen molar-refractivity contribution in [3.05, 3.63) is 0 Å². The average Bonchev–Trinajstić information content (AvgIpc) is 1.86. The molecule has 0 aliphatic heterocycles. The summed E-state index contributed by atoms with van der Waals surface area (Å²) in [7, 11) is 0. The Kier molecular flexibility index (Phi) is 4.50. The van der Waals surface area contributed by atoms with Gasteiger partial charge in [-0.3, -0.25) is 4.79 Å². The highest BCUT2D eigenvalue weighted by molar-refractivity contribution is 5.78. The minimum absolute atomic E-state index is 0.000637. The van der Waals surface area contributed by atoms with E-state index in [2.05, 4.69) is 10.5 Å². The molecule has 0 aliphatic rings. The van der Waals surface area contributed by atoms with Gasteiger partial charge in [-0.15, -0.1) is 0 Å². The van der Waals surface area contributed by atoms with E-state index in [9.17, 15) is 4.79 Å². The molecule has 0 heterocycles. The third-order valence-corrected chi connectivity index (χ3v) is 1.07. The molecule has 3 nitrogen and oxygen atoms in total. The van der Waals surface area contributed by atoms with Crippen molar-refractivity contribution in [3.8, 4) is 0 Å². The Labute approximate surface area is 67.9 Å². The fourth-order valence-electron chi connectivity index (χ4n) is 0.379. The largest absolute Gasteiger partial charge is 0.273 e. The van der Waals surface area contributed by atoms with Crippen molar-refractivity contribution in [3.63, 3.8) is 0 Å². The number of hydrogen-bond acceptors (Lipinski definition) is 2. The van der Waals surface area contributed by atoms with Crippen molar-refractivity contribution in [1.29, 1.82) is 0 Å². The van der Waals surface area contributed by atoms with E-state index in [4.69, 9.17) is 0 Å². The Morgan fingerprint density at radius 3 is 2.27 bits per heavy atom. The Morgan fingerprint density at radius 2 is 1.91 bits per heavy atom. The van der Waals surface area contributed by atoms with Crippen molar-refractivity contribution >= 4 is 12.1 Å². The number of rotatable bonds is 3. The van der Waals surface area contributed by atoms with Crippen molar-refractivity contribution < 1.29 is 4.79 Å². The normalized spacial score (nSPS) is 11.5. The Hall–Kier alpha value is -0.860. The number of nitrogens with one attached hydrogen (secondary N) is 1. The summed E-state index contributed by atoms with van der Waals surface area (Å²) >= 11 is 0. The van der Waals surface area contributed by atoms with E-state index in [0.717, 1.165) is 0 Å². The SMILES string of the molecule is CC(C)/C=N\NC(=O)C(C)C. The van der Waals surface area contributed by atoms with Gasteiger partial charge in [-0.2, -0.15) is 5.10 Å². The topological polar surface area (TPSA) is 41.5 Å². The van der Waals surface area contributed by atoms with E-state index < -0.39 is 0 Å². The molecule has 0 rings (SSSR count). The minimum atomic E-state index is -0.0399. The maximum Gasteiger partial charge on any atom is 0.242 e. The van der Waals surface area contributed by atoms with Crippen molar-refractivity contribution in [1.82, 2.24) is 5.43 Å². The molecule has 1 N–H and O–H groups in total. The second-order valence-corrected chi connectivity index (χ2v) is 3.15. The molecule has 0 fully saturated rings. The molecular formula is C8H16N2O. The molecule has 11 heavy (non-hydrogen) atoms. The fourth-order valence-corrected chi connectivity index (χ4v) is 0.379. The van der Waals surface area contributed by atoms with Crippen LogP contribution in [0.3, 0.4) is 0 Å². The van der Waals surface area contributed by atoms with Gasteiger partial charge >= 0.3 is 0 Å². The van der Waals surface area contributed by atoms with Gasteiger partial charge in [0.15, 0.2) is 0 Å². The number of carbonyl (C=O) groups is 1. The molecule has 0 atom stereocenters. The third kappa shape index (κ3) is 5.58. The number of nitrogens with zero attached hydrogens (tertiary/aromatic N) is 1. The molecule has 0 radical (unpaired) electrons. The van der Waals surface area contributed by atoms with Crippen LogP contribution in [-0.4, -0.2) is 12.1 Å². The monoisotopic (exact) mass is 156 g/mol. The third-order valence-electron chi connectivity index (χ3n) is 1.07. The Morgan fingerprint density at radius 1 is 1.36 bits per heavy atom. The lowest BCUT2D eigenvalue weighted by Gasteiger charge is -2.01. The van der Waals surface area contributed by atoms with E-state index in [1.54, 1.807) is 6.21 Å². The zero-order valence-corrected chi connectivity index (χ0v) is 7.59. The van der Waals surface area contributed by atoms with Crippen LogP contribution in [0.1, 0.15) is 27.7 Å². The van der Waals surface area contributed by atoms with Crippen LogP contribution in [-0.2, 0) is 4.79 Å². The molecule has 0 spiro atoms. The predicted molar refractivity (Wildman–Crippen MR) is 46.3 cm³/mol. The summed E-state index contributed by atoms with van der Waals surface area (Å²) in [4.78, 5) is 10.9. The van der Waals surface area contributed by atoms with Gasteiger partial charge in [0.2, 0.25) is 5.91 Å². The Balaban J connectivity index is 3.62. The maximum absolute atomic E-state index is 10.9. The first-order valence-electron chi connectivity index (χ1n) is 3.87. The van der Waals surface area contributed by atoms with Crippen LogP contribution < -0.4 is 5.43 Å². The molecule has 0 saturated heterocycles. The van der Waals surface area contributed by atoms with Crippen LogP contribution in [0.4, 0.5) is 0 Å². The maximum atomic E-state index is 10.9. The number of carbonyl (C=O) groups excluding carboxylic acids is 1. The van der Waals surface area contributed by atoms with Crippen LogP contribution in [0.15, 0.2) is 5.10 Å². The van der Waals surface area contributed by atoms with Crippen LogP contribution in [0.2, 0.25) is 0 Å². The summed E-state index contributed by atoms with van der Waals surface area (Å²) < 4.78 is 0. The van der Waals surface area contributed by atoms with Crippen LogP contribution in [0, 0.1) is 11.8 Å². The molecule has 0 saturated carbocycles. The standard InChI is InChI=1S/C8H16N2O/c1-6(2)5-9-10-8(11)7(3)4/h5-7H,1-4H3,(H,10,11)/b9-5-. The van der Waals surface area contributed by atoms with Gasteiger partial charge in [0, 0.05) is 12.1 Å². The van der Waals surface area contributed by atoms with Gasteiger partial charge in [0.1, 0.15) is 0 Å². The highest BCUT2D eigenvalue weighted by Gasteiger charge is 2.03. The van der Waals surface area contributed by atoms with E-state index in [-0.39, 0.29) is 11.8 Å². The first-order chi connectivity index (χ1) is 5.04. The molecule has 64 valence electrons. The summed E-state index contributed by atoms with van der Waals surface area (Å²) in [5.74, 6) is 0.337. The minimum Gasteiger partial charge on any atom is -0.273 e. The number of amides is 1.